The Kier molecular flexibility index (Phi) is 7.46. The van der Waals surface area contributed by atoms with Crippen molar-refractivity contribution >= 4 is 34.0 Å². The van der Waals surface area contributed by atoms with Crippen LogP contribution in [0.25, 0.3) is 0 Å². The van der Waals surface area contributed by atoms with Crippen molar-refractivity contribution in [3.05, 3.63) is 23.8 Å². The molecular weight excluding hydrogens is 374 g/mol. The fraction of sp³-hybridized carbons (Fsp3) is 0.611. The topological polar surface area (TPSA) is 78.5 Å². The number of hydrogen-bond donors (Lipinski definition) is 2. The molecule has 1 saturated carbocycles. The van der Waals surface area contributed by atoms with Gasteiger partial charge in [-0.25, -0.2) is 8.42 Å². The zero-order chi connectivity index (χ0) is 17.9. The summed E-state index contributed by atoms with van der Waals surface area (Å²) in [5.74, 6) is 0.569. The van der Waals surface area contributed by atoms with Crippen LogP contribution < -0.4 is 10.6 Å². The van der Waals surface area contributed by atoms with Crippen molar-refractivity contribution in [3.8, 4) is 0 Å². The van der Waals surface area contributed by atoms with Crippen LogP contribution in [0.15, 0.2) is 23.1 Å². The second-order valence-corrected chi connectivity index (χ2v) is 8.97. The number of aryl methyl sites for hydroxylation is 1. The highest BCUT2D eigenvalue weighted by molar-refractivity contribution is 7.89. The van der Waals surface area contributed by atoms with Crippen molar-refractivity contribution < 1.29 is 13.2 Å². The number of carbonyl (C=O) groups is 1. The van der Waals surface area contributed by atoms with Crippen molar-refractivity contribution in [2.75, 3.05) is 31.5 Å². The van der Waals surface area contributed by atoms with E-state index in [4.69, 9.17) is 0 Å². The van der Waals surface area contributed by atoms with E-state index in [-0.39, 0.29) is 29.8 Å². The highest BCUT2D eigenvalue weighted by atomic mass is 35.5. The Morgan fingerprint density at radius 1 is 1.19 bits per heavy atom. The molecule has 146 valence electrons. The molecule has 1 aliphatic heterocycles. The first-order valence-corrected chi connectivity index (χ1v) is 10.5. The molecule has 1 aromatic rings. The van der Waals surface area contributed by atoms with E-state index in [1.165, 1.54) is 12.8 Å². The number of piperidine rings is 1. The summed E-state index contributed by atoms with van der Waals surface area (Å²) in [7, 11) is -3.50. The third-order valence-electron chi connectivity index (χ3n) is 4.82. The quantitative estimate of drug-likeness (QED) is 0.735. The molecule has 1 saturated heterocycles. The summed E-state index contributed by atoms with van der Waals surface area (Å²) in [5.41, 5.74) is 1.23. The molecule has 6 nitrogen and oxygen atoms in total. The highest BCUT2D eigenvalue weighted by Gasteiger charge is 2.27. The molecule has 1 aliphatic carbocycles. The molecule has 8 heteroatoms. The van der Waals surface area contributed by atoms with Crippen LogP contribution in [-0.2, 0) is 14.8 Å². The monoisotopic (exact) mass is 401 g/mol. The summed E-state index contributed by atoms with van der Waals surface area (Å²) in [6, 6.07) is 5.09. The van der Waals surface area contributed by atoms with Gasteiger partial charge in [-0.2, -0.15) is 4.31 Å². The zero-order valence-corrected chi connectivity index (χ0v) is 16.8. The Bertz CT molecular complexity index is 729. The van der Waals surface area contributed by atoms with Gasteiger partial charge in [0.05, 0.1) is 11.4 Å². The van der Waals surface area contributed by atoms with Crippen molar-refractivity contribution in [3.63, 3.8) is 0 Å². The fourth-order valence-electron chi connectivity index (χ4n) is 3.12. The zero-order valence-electron chi connectivity index (χ0n) is 15.2. The third kappa shape index (κ3) is 5.42. The van der Waals surface area contributed by atoms with E-state index in [1.54, 1.807) is 29.4 Å². The Hall–Kier alpha value is -1.15. The maximum atomic E-state index is 12.9. The Morgan fingerprint density at radius 3 is 2.54 bits per heavy atom. The van der Waals surface area contributed by atoms with Crippen LogP contribution in [0.1, 0.15) is 37.7 Å². The molecule has 2 N–H and O–H groups in total. The van der Waals surface area contributed by atoms with Gasteiger partial charge in [-0.3, -0.25) is 4.79 Å². The highest BCUT2D eigenvalue weighted by Crippen LogP contribution is 2.27. The number of rotatable bonds is 7. The van der Waals surface area contributed by atoms with E-state index >= 15 is 0 Å². The van der Waals surface area contributed by atoms with E-state index < -0.39 is 10.0 Å². The molecule has 0 radical (unpaired) electrons. The Labute approximate surface area is 162 Å². The van der Waals surface area contributed by atoms with Gasteiger partial charge < -0.3 is 10.6 Å². The first-order valence-electron chi connectivity index (χ1n) is 9.08. The summed E-state index contributed by atoms with van der Waals surface area (Å²) >= 11 is 0. The Morgan fingerprint density at radius 2 is 1.88 bits per heavy atom. The number of amides is 1. The van der Waals surface area contributed by atoms with E-state index in [2.05, 4.69) is 10.6 Å². The predicted octanol–water partition coefficient (Wildman–Crippen LogP) is 2.53. The van der Waals surface area contributed by atoms with E-state index in [0.717, 1.165) is 25.8 Å². The van der Waals surface area contributed by atoms with Crippen LogP contribution in [0.5, 0.6) is 0 Å². The molecule has 0 unspecified atom stereocenters. The van der Waals surface area contributed by atoms with Gasteiger partial charge in [0.1, 0.15) is 0 Å². The lowest BCUT2D eigenvalue weighted by Crippen LogP contribution is -2.36. The van der Waals surface area contributed by atoms with E-state index in [0.29, 0.717) is 30.3 Å². The molecule has 2 aliphatic rings. The van der Waals surface area contributed by atoms with E-state index in [9.17, 15) is 13.2 Å². The SMILES string of the molecule is Cc1ccc(NC(=O)CNCC2CC2)cc1S(=O)(=O)N1CCCCC1.Cl. The number of halogens is 1. The number of hydrogen-bond acceptors (Lipinski definition) is 4. The summed E-state index contributed by atoms with van der Waals surface area (Å²) in [4.78, 5) is 12.3. The third-order valence-corrected chi connectivity index (χ3v) is 6.86. The molecule has 1 amide bonds. The van der Waals surface area contributed by atoms with Gasteiger partial charge in [0.2, 0.25) is 15.9 Å². The van der Waals surface area contributed by atoms with Crippen molar-refractivity contribution in [2.24, 2.45) is 5.92 Å². The van der Waals surface area contributed by atoms with Gasteiger partial charge >= 0.3 is 0 Å². The van der Waals surface area contributed by atoms with Gasteiger partial charge in [-0.1, -0.05) is 12.5 Å². The number of benzene rings is 1. The van der Waals surface area contributed by atoms with Crippen LogP contribution in [0.4, 0.5) is 5.69 Å². The van der Waals surface area contributed by atoms with Crippen LogP contribution in [0.3, 0.4) is 0 Å². The molecule has 2 fully saturated rings. The summed E-state index contributed by atoms with van der Waals surface area (Å²) in [6.45, 7) is 4.06. The van der Waals surface area contributed by atoms with Gasteiger partial charge in [0.25, 0.3) is 0 Å². The van der Waals surface area contributed by atoms with E-state index in [1.807, 2.05) is 0 Å². The second-order valence-electron chi connectivity index (χ2n) is 7.07. The first-order chi connectivity index (χ1) is 12.0. The summed E-state index contributed by atoms with van der Waals surface area (Å²) in [6.07, 6.45) is 5.37. The first kappa shape index (κ1) is 21.2. The normalized spacial score (nSPS) is 18.2. The standard InChI is InChI=1S/C18H27N3O3S.ClH/c1-14-5-8-16(20-18(22)13-19-12-15-6-7-15)11-17(14)25(23,24)21-9-3-2-4-10-21;/h5,8,11,15,19H,2-4,6-7,9-10,12-13H2,1H3,(H,20,22);1H. The molecule has 0 aromatic heterocycles. The number of anilines is 1. The van der Waals surface area contributed by atoms with Gasteiger partial charge in [0.15, 0.2) is 0 Å². The minimum absolute atomic E-state index is 0. The van der Waals surface area contributed by atoms with Gasteiger partial charge in [-0.15, -0.1) is 12.4 Å². The summed E-state index contributed by atoms with van der Waals surface area (Å²) < 4.78 is 27.4. The molecule has 1 aromatic carbocycles. The number of nitrogens with zero attached hydrogens (tertiary/aromatic N) is 1. The van der Waals surface area contributed by atoms with Crippen molar-refractivity contribution in [2.45, 2.75) is 43.9 Å². The number of nitrogens with one attached hydrogen (secondary N) is 2. The Balaban J connectivity index is 0.00000243. The van der Waals surface area contributed by atoms with Gasteiger partial charge in [0, 0.05) is 18.8 Å². The maximum absolute atomic E-state index is 12.9. The molecule has 0 atom stereocenters. The lowest BCUT2D eigenvalue weighted by atomic mass is 10.2. The largest absolute Gasteiger partial charge is 0.325 e. The average Bonchev–Trinajstić information content (AvgIpc) is 3.41. The molecule has 26 heavy (non-hydrogen) atoms. The van der Waals surface area contributed by atoms with Crippen molar-refractivity contribution in [1.29, 1.82) is 0 Å². The molecule has 0 spiro atoms. The van der Waals surface area contributed by atoms with Crippen LogP contribution in [-0.4, -0.2) is 44.8 Å². The summed E-state index contributed by atoms with van der Waals surface area (Å²) in [5, 5.41) is 5.93. The fourth-order valence-corrected chi connectivity index (χ4v) is 4.88. The average molecular weight is 402 g/mol. The smallest absolute Gasteiger partial charge is 0.243 e. The van der Waals surface area contributed by atoms with Crippen molar-refractivity contribution in [1.82, 2.24) is 9.62 Å². The van der Waals surface area contributed by atoms with Gasteiger partial charge in [-0.05, 0) is 62.8 Å². The predicted molar refractivity (Wildman–Crippen MR) is 105 cm³/mol. The molecule has 3 rings (SSSR count). The maximum Gasteiger partial charge on any atom is 0.243 e. The minimum Gasteiger partial charge on any atom is -0.325 e. The van der Waals surface area contributed by atoms with Crippen LogP contribution in [0, 0.1) is 12.8 Å². The molecular formula is C18H28ClN3O3S. The minimum atomic E-state index is -3.50. The number of carbonyl (C=O) groups excluding carboxylic acids is 1. The number of sulfonamides is 1. The van der Waals surface area contributed by atoms with Crippen LogP contribution >= 0.6 is 12.4 Å². The van der Waals surface area contributed by atoms with Crippen LogP contribution in [0.2, 0.25) is 0 Å². The second kappa shape index (κ2) is 9.17. The molecule has 1 heterocycles. The molecule has 0 bridgehead atoms. The lowest BCUT2D eigenvalue weighted by molar-refractivity contribution is -0.115. The lowest BCUT2D eigenvalue weighted by Gasteiger charge is -2.26.